The lowest BCUT2D eigenvalue weighted by Crippen LogP contribution is -2.19. The lowest BCUT2D eigenvalue weighted by molar-refractivity contribution is -0.119. The molecule has 2 aromatic rings. The maximum Gasteiger partial charge on any atom is 0.257 e. The largest absolute Gasteiger partial charge is 0.352 e. The Labute approximate surface area is 120 Å². The van der Waals surface area contributed by atoms with E-state index in [0.717, 1.165) is 10.6 Å². The van der Waals surface area contributed by atoms with Crippen molar-refractivity contribution in [1.82, 2.24) is 15.5 Å². The second-order valence-corrected chi connectivity index (χ2v) is 5.37. The van der Waals surface area contributed by atoms with Crippen LogP contribution in [0.5, 0.6) is 0 Å². The Morgan fingerprint density at radius 2 is 1.90 bits per heavy atom. The molecule has 0 aliphatic heterocycles. The number of carbonyl (C=O) groups excluding carboxylic acids is 2. The van der Waals surface area contributed by atoms with E-state index in [-0.39, 0.29) is 11.8 Å². The smallest absolute Gasteiger partial charge is 0.257 e. The summed E-state index contributed by atoms with van der Waals surface area (Å²) >= 11 is 1.32. The van der Waals surface area contributed by atoms with Crippen LogP contribution in [0.4, 0.5) is 5.13 Å². The number of hydrogen-bond donors (Lipinski definition) is 2. The summed E-state index contributed by atoms with van der Waals surface area (Å²) in [6, 6.07) is 7.02. The molecule has 0 aliphatic rings. The van der Waals surface area contributed by atoms with E-state index in [1.807, 2.05) is 6.92 Å². The van der Waals surface area contributed by atoms with Crippen LogP contribution in [0.1, 0.15) is 27.9 Å². The van der Waals surface area contributed by atoms with E-state index in [1.165, 1.54) is 18.3 Å². The Kier molecular flexibility index (Phi) is 4.41. The molecule has 1 heterocycles. The fourth-order valence-corrected chi connectivity index (χ4v) is 2.10. The van der Waals surface area contributed by atoms with Crippen molar-refractivity contribution in [2.45, 2.75) is 20.4 Å². The molecule has 0 saturated heterocycles. The van der Waals surface area contributed by atoms with E-state index in [4.69, 9.17) is 0 Å². The van der Waals surface area contributed by atoms with Gasteiger partial charge in [0.05, 0.1) is 0 Å². The molecule has 20 heavy (non-hydrogen) atoms. The van der Waals surface area contributed by atoms with Crippen LogP contribution in [0.25, 0.3) is 0 Å². The standard InChI is InChI=1S/C13H14N4O2S/c1-8(18)14-7-10-3-5-11(6-4-10)12(19)15-13-17-16-9(2)20-13/h3-6H,7H2,1-2H3,(H,14,18)(H,15,17,19). The summed E-state index contributed by atoms with van der Waals surface area (Å²) in [5.41, 5.74) is 1.47. The van der Waals surface area contributed by atoms with Crippen molar-refractivity contribution in [3.63, 3.8) is 0 Å². The Bertz CT molecular complexity index is 622. The first kappa shape index (κ1) is 14.1. The summed E-state index contributed by atoms with van der Waals surface area (Å²) in [6.45, 7) is 3.74. The van der Waals surface area contributed by atoms with Crippen LogP contribution >= 0.6 is 11.3 Å². The zero-order chi connectivity index (χ0) is 14.5. The molecule has 2 rings (SSSR count). The van der Waals surface area contributed by atoms with E-state index in [1.54, 1.807) is 24.3 Å². The van der Waals surface area contributed by atoms with Gasteiger partial charge in [-0.1, -0.05) is 23.5 Å². The molecule has 1 aromatic carbocycles. The second-order valence-electron chi connectivity index (χ2n) is 4.19. The summed E-state index contributed by atoms with van der Waals surface area (Å²) in [7, 11) is 0. The quantitative estimate of drug-likeness (QED) is 0.898. The number of rotatable bonds is 4. The van der Waals surface area contributed by atoms with Crippen molar-refractivity contribution in [3.8, 4) is 0 Å². The molecular formula is C13H14N4O2S. The molecule has 0 radical (unpaired) electrons. The highest BCUT2D eigenvalue weighted by molar-refractivity contribution is 7.15. The number of nitrogens with one attached hydrogen (secondary N) is 2. The van der Waals surface area contributed by atoms with Crippen molar-refractivity contribution in [2.24, 2.45) is 0 Å². The van der Waals surface area contributed by atoms with Gasteiger partial charge in [0.1, 0.15) is 5.01 Å². The van der Waals surface area contributed by atoms with E-state index in [0.29, 0.717) is 17.2 Å². The number of nitrogens with zero attached hydrogens (tertiary/aromatic N) is 2. The summed E-state index contributed by atoms with van der Waals surface area (Å²) in [5.74, 6) is -0.314. The SMILES string of the molecule is CC(=O)NCc1ccc(C(=O)Nc2nnc(C)s2)cc1. The zero-order valence-corrected chi connectivity index (χ0v) is 12.0. The molecule has 2 N–H and O–H groups in total. The average molecular weight is 290 g/mol. The van der Waals surface area contributed by atoms with Crippen LogP contribution in [0, 0.1) is 6.92 Å². The molecule has 0 atom stereocenters. The Morgan fingerprint density at radius 1 is 1.20 bits per heavy atom. The van der Waals surface area contributed by atoms with Gasteiger partial charge in [0.25, 0.3) is 5.91 Å². The lowest BCUT2D eigenvalue weighted by atomic mass is 10.1. The Balaban J connectivity index is 1.98. The molecule has 0 aliphatic carbocycles. The molecule has 0 unspecified atom stereocenters. The van der Waals surface area contributed by atoms with Crippen LogP contribution in [-0.2, 0) is 11.3 Å². The number of aryl methyl sites for hydroxylation is 1. The zero-order valence-electron chi connectivity index (χ0n) is 11.1. The highest BCUT2D eigenvalue weighted by Gasteiger charge is 2.08. The fraction of sp³-hybridized carbons (Fsp3) is 0.231. The van der Waals surface area contributed by atoms with Crippen LogP contribution in [0.3, 0.4) is 0 Å². The molecule has 0 bridgehead atoms. The second kappa shape index (κ2) is 6.25. The molecule has 1 aromatic heterocycles. The van der Waals surface area contributed by atoms with E-state index >= 15 is 0 Å². The van der Waals surface area contributed by atoms with Gasteiger partial charge in [0, 0.05) is 19.0 Å². The van der Waals surface area contributed by atoms with Crippen molar-refractivity contribution in [3.05, 3.63) is 40.4 Å². The molecule has 2 amide bonds. The van der Waals surface area contributed by atoms with E-state index in [2.05, 4.69) is 20.8 Å². The predicted octanol–water partition coefficient (Wildman–Crippen LogP) is 1.73. The van der Waals surface area contributed by atoms with Crippen molar-refractivity contribution in [1.29, 1.82) is 0 Å². The highest BCUT2D eigenvalue weighted by Crippen LogP contribution is 2.15. The van der Waals surface area contributed by atoms with Gasteiger partial charge in [-0.3, -0.25) is 14.9 Å². The third-order valence-electron chi connectivity index (χ3n) is 2.50. The van der Waals surface area contributed by atoms with Gasteiger partial charge in [-0.15, -0.1) is 10.2 Å². The minimum absolute atomic E-state index is 0.0848. The van der Waals surface area contributed by atoms with Gasteiger partial charge >= 0.3 is 0 Å². The van der Waals surface area contributed by atoms with Gasteiger partial charge in [-0.25, -0.2) is 0 Å². The topological polar surface area (TPSA) is 84.0 Å². The number of aromatic nitrogens is 2. The summed E-state index contributed by atoms with van der Waals surface area (Å²) in [5, 5.41) is 14.3. The van der Waals surface area contributed by atoms with Crippen LogP contribution in [0.15, 0.2) is 24.3 Å². The maximum atomic E-state index is 12.0. The third-order valence-corrected chi connectivity index (χ3v) is 3.26. The molecule has 6 nitrogen and oxygen atoms in total. The van der Waals surface area contributed by atoms with Crippen molar-refractivity contribution in [2.75, 3.05) is 5.32 Å². The monoisotopic (exact) mass is 290 g/mol. The van der Waals surface area contributed by atoms with Crippen LogP contribution in [0.2, 0.25) is 0 Å². The van der Waals surface area contributed by atoms with E-state index < -0.39 is 0 Å². The molecular weight excluding hydrogens is 276 g/mol. The summed E-state index contributed by atoms with van der Waals surface area (Å²) < 4.78 is 0. The predicted molar refractivity (Wildman–Crippen MR) is 76.6 cm³/mol. The van der Waals surface area contributed by atoms with E-state index in [9.17, 15) is 9.59 Å². The first-order chi connectivity index (χ1) is 9.54. The van der Waals surface area contributed by atoms with Crippen LogP contribution < -0.4 is 10.6 Å². The van der Waals surface area contributed by atoms with Gasteiger partial charge in [-0.2, -0.15) is 0 Å². The Hall–Kier alpha value is -2.28. The minimum Gasteiger partial charge on any atom is -0.352 e. The normalized spacial score (nSPS) is 10.1. The maximum absolute atomic E-state index is 12.0. The van der Waals surface area contributed by atoms with Crippen LogP contribution in [-0.4, -0.2) is 22.0 Å². The number of amides is 2. The van der Waals surface area contributed by atoms with Crippen molar-refractivity contribution < 1.29 is 9.59 Å². The molecule has 0 fully saturated rings. The summed E-state index contributed by atoms with van der Waals surface area (Å²) in [6.07, 6.45) is 0. The van der Waals surface area contributed by atoms with Gasteiger partial charge in [0.15, 0.2) is 0 Å². The molecule has 0 spiro atoms. The minimum atomic E-state index is -0.229. The number of hydrogen-bond acceptors (Lipinski definition) is 5. The third kappa shape index (κ3) is 3.86. The Morgan fingerprint density at radius 3 is 2.45 bits per heavy atom. The number of carbonyl (C=O) groups is 2. The number of benzene rings is 1. The first-order valence-corrected chi connectivity index (χ1v) is 6.81. The van der Waals surface area contributed by atoms with Crippen molar-refractivity contribution >= 4 is 28.3 Å². The summed E-state index contributed by atoms with van der Waals surface area (Å²) in [4.78, 5) is 22.8. The molecule has 104 valence electrons. The first-order valence-electron chi connectivity index (χ1n) is 5.99. The average Bonchev–Trinajstić information content (AvgIpc) is 2.82. The fourth-order valence-electron chi connectivity index (χ4n) is 1.52. The van der Waals surface area contributed by atoms with Gasteiger partial charge in [0.2, 0.25) is 11.0 Å². The highest BCUT2D eigenvalue weighted by atomic mass is 32.1. The van der Waals surface area contributed by atoms with Gasteiger partial charge in [-0.05, 0) is 24.6 Å². The number of anilines is 1. The molecule has 0 saturated carbocycles. The molecule has 7 heteroatoms. The van der Waals surface area contributed by atoms with Gasteiger partial charge < -0.3 is 5.32 Å². The lowest BCUT2D eigenvalue weighted by Gasteiger charge is -2.04.